The molecule has 2 aromatic rings. The van der Waals surface area contributed by atoms with Crippen LogP contribution in [0.15, 0.2) is 48.5 Å². The highest BCUT2D eigenvalue weighted by Gasteiger charge is 2.45. The van der Waals surface area contributed by atoms with E-state index in [9.17, 15) is 19.2 Å². The van der Waals surface area contributed by atoms with E-state index in [4.69, 9.17) is 4.74 Å². The maximum atomic E-state index is 13.1. The molecule has 0 unspecified atom stereocenters. The standard InChI is InChI=1S/C24H24N2O5/c1-14(2)20(26-22(28)17-9-5-6-10-18(17)23(26)29)24(30)31-15(3)21(27)25-13-12-16-8-4-7-11-19(16)25/h4-11,14-15,20H,12-13H2,1-3H3/t15-,20-/m1/s1. The van der Waals surface area contributed by atoms with E-state index in [0.717, 1.165) is 22.6 Å². The van der Waals surface area contributed by atoms with Crippen LogP contribution in [0.5, 0.6) is 0 Å². The molecule has 2 heterocycles. The monoisotopic (exact) mass is 420 g/mol. The van der Waals surface area contributed by atoms with E-state index in [1.54, 1.807) is 43.0 Å². The van der Waals surface area contributed by atoms with E-state index in [1.165, 1.54) is 6.92 Å². The van der Waals surface area contributed by atoms with Crippen LogP contribution >= 0.6 is 0 Å². The Labute approximate surface area is 180 Å². The van der Waals surface area contributed by atoms with Crippen molar-refractivity contribution in [2.75, 3.05) is 11.4 Å². The number of para-hydroxylation sites is 1. The number of fused-ring (bicyclic) bond motifs is 2. The average molecular weight is 420 g/mol. The van der Waals surface area contributed by atoms with Gasteiger partial charge in [-0.15, -0.1) is 0 Å². The number of anilines is 1. The molecule has 7 heteroatoms. The van der Waals surface area contributed by atoms with Gasteiger partial charge in [-0.25, -0.2) is 4.79 Å². The van der Waals surface area contributed by atoms with Gasteiger partial charge in [0.15, 0.2) is 6.10 Å². The normalized spacial score (nSPS) is 16.9. The van der Waals surface area contributed by atoms with Gasteiger partial charge < -0.3 is 9.64 Å². The van der Waals surface area contributed by atoms with Gasteiger partial charge in [0.25, 0.3) is 17.7 Å². The zero-order valence-corrected chi connectivity index (χ0v) is 17.7. The van der Waals surface area contributed by atoms with Gasteiger partial charge in [0.1, 0.15) is 6.04 Å². The molecule has 0 saturated carbocycles. The van der Waals surface area contributed by atoms with Crippen LogP contribution in [0.4, 0.5) is 5.69 Å². The van der Waals surface area contributed by atoms with Crippen molar-refractivity contribution in [1.82, 2.24) is 4.90 Å². The Hall–Kier alpha value is -3.48. The van der Waals surface area contributed by atoms with Crippen LogP contribution in [-0.2, 0) is 20.7 Å². The number of nitrogens with zero attached hydrogens (tertiary/aromatic N) is 2. The minimum absolute atomic E-state index is 0.267. The molecule has 3 amide bonds. The molecular weight excluding hydrogens is 396 g/mol. The lowest BCUT2D eigenvalue weighted by atomic mass is 10.0. The molecule has 7 nitrogen and oxygen atoms in total. The number of benzene rings is 2. The summed E-state index contributed by atoms with van der Waals surface area (Å²) >= 11 is 0. The Morgan fingerprint density at radius 1 is 0.903 bits per heavy atom. The Morgan fingerprint density at radius 3 is 2.10 bits per heavy atom. The summed E-state index contributed by atoms with van der Waals surface area (Å²) in [7, 11) is 0. The van der Waals surface area contributed by atoms with Crippen LogP contribution < -0.4 is 4.90 Å². The first-order chi connectivity index (χ1) is 14.8. The molecule has 4 rings (SSSR count). The van der Waals surface area contributed by atoms with Crippen LogP contribution in [0.3, 0.4) is 0 Å². The van der Waals surface area contributed by atoms with E-state index in [-0.39, 0.29) is 23.0 Å². The summed E-state index contributed by atoms with van der Waals surface area (Å²) < 4.78 is 5.49. The SMILES string of the molecule is CC(C)[C@H](C(=O)O[C@H](C)C(=O)N1CCc2ccccc21)N1C(=O)c2ccccc2C1=O. The molecule has 0 bridgehead atoms. The molecule has 0 aliphatic carbocycles. The second-order valence-corrected chi connectivity index (χ2v) is 8.16. The molecule has 0 aromatic heterocycles. The number of ether oxygens (including phenoxy) is 1. The Morgan fingerprint density at radius 2 is 1.48 bits per heavy atom. The third-order valence-corrected chi connectivity index (χ3v) is 5.77. The van der Waals surface area contributed by atoms with Gasteiger partial charge in [0.05, 0.1) is 11.1 Å². The molecule has 0 spiro atoms. The zero-order chi connectivity index (χ0) is 22.3. The van der Waals surface area contributed by atoms with Gasteiger partial charge in [-0.3, -0.25) is 19.3 Å². The lowest BCUT2D eigenvalue weighted by Crippen LogP contribution is -2.50. The van der Waals surface area contributed by atoms with Crippen molar-refractivity contribution in [2.24, 2.45) is 5.92 Å². The fourth-order valence-electron chi connectivity index (χ4n) is 4.22. The van der Waals surface area contributed by atoms with E-state index in [0.29, 0.717) is 6.54 Å². The van der Waals surface area contributed by atoms with Crippen molar-refractivity contribution in [3.63, 3.8) is 0 Å². The minimum atomic E-state index is -1.12. The van der Waals surface area contributed by atoms with Gasteiger partial charge in [-0.2, -0.15) is 0 Å². The number of amides is 3. The smallest absolute Gasteiger partial charge is 0.330 e. The van der Waals surface area contributed by atoms with Gasteiger partial charge in [-0.05, 0) is 43.0 Å². The van der Waals surface area contributed by atoms with Gasteiger partial charge in [0.2, 0.25) is 0 Å². The summed E-state index contributed by atoms with van der Waals surface area (Å²) in [4.78, 5) is 54.3. The lowest BCUT2D eigenvalue weighted by molar-refractivity contribution is -0.159. The Kier molecular flexibility index (Phi) is 5.35. The zero-order valence-electron chi connectivity index (χ0n) is 17.7. The van der Waals surface area contributed by atoms with Crippen LogP contribution in [0.25, 0.3) is 0 Å². The summed E-state index contributed by atoms with van der Waals surface area (Å²) in [6.45, 7) is 5.50. The summed E-state index contributed by atoms with van der Waals surface area (Å²) in [5.41, 5.74) is 2.42. The lowest BCUT2D eigenvalue weighted by Gasteiger charge is -2.29. The number of esters is 1. The predicted octanol–water partition coefficient (Wildman–Crippen LogP) is 2.83. The highest BCUT2D eigenvalue weighted by Crippen LogP contribution is 2.30. The molecule has 2 aliphatic heterocycles. The second-order valence-electron chi connectivity index (χ2n) is 8.16. The average Bonchev–Trinajstić information content (AvgIpc) is 3.28. The fourth-order valence-corrected chi connectivity index (χ4v) is 4.22. The van der Waals surface area contributed by atoms with E-state index >= 15 is 0 Å². The molecule has 0 N–H and O–H groups in total. The van der Waals surface area contributed by atoms with Gasteiger partial charge in [-0.1, -0.05) is 44.2 Å². The molecule has 0 fully saturated rings. The fraction of sp³-hybridized carbons (Fsp3) is 0.333. The van der Waals surface area contributed by atoms with Crippen molar-refractivity contribution in [3.8, 4) is 0 Å². The first-order valence-electron chi connectivity index (χ1n) is 10.4. The third kappa shape index (κ3) is 3.50. The molecule has 2 atom stereocenters. The maximum Gasteiger partial charge on any atom is 0.330 e. The second kappa shape index (κ2) is 7.98. The van der Waals surface area contributed by atoms with Crippen LogP contribution in [0, 0.1) is 5.92 Å². The van der Waals surface area contributed by atoms with E-state index in [2.05, 4.69) is 0 Å². The highest BCUT2D eigenvalue weighted by molar-refractivity contribution is 6.22. The van der Waals surface area contributed by atoms with Gasteiger partial charge >= 0.3 is 5.97 Å². The minimum Gasteiger partial charge on any atom is -0.451 e. The van der Waals surface area contributed by atoms with E-state index < -0.39 is 29.9 Å². The van der Waals surface area contributed by atoms with Crippen LogP contribution in [-0.4, -0.2) is 47.3 Å². The summed E-state index contributed by atoms with van der Waals surface area (Å²) in [5, 5.41) is 0. The van der Waals surface area contributed by atoms with Crippen LogP contribution in [0.1, 0.15) is 47.1 Å². The number of rotatable bonds is 5. The first-order valence-corrected chi connectivity index (χ1v) is 10.4. The first kappa shape index (κ1) is 20.8. The molecular formula is C24H24N2O5. The number of hydrogen-bond donors (Lipinski definition) is 0. The van der Waals surface area contributed by atoms with Crippen molar-refractivity contribution in [1.29, 1.82) is 0 Å². The molecule has 0 saturated heterocycles. The van der Waals surface area contributed by atoms with Crippen molar-refractivity contribution in [3.05, 3.63) is 65.2 Å². The highest BCUT2D eigenvalue weighted by atomic mass is 16.5. The predicted molar refractivity (Wildman–Crippen MR) is 114 cm³/mol. The summed E-state index contributed by atoms with van der Waals surface area (Å²) in [5.74, 6) is -2.53. The quantitative estimate of drug-likeness (QED) is 0.549. The Balaban J connectivity index is 1.52. The Bertz CT molecular complexity index is 1040. The molecule has 0 radical (unpaired) electrons. The van der Waals surface area contributed by atoms with Gasteiger partial charge in [0, 0.05) is 12.2 Å². The maximum absolute atomic E-state index is 13.1. The number of carbonyl (C=O) groups is 4. The number of carbonyl (C=O) groups excluding carboxylic acids is 4. The molecule has 2 aliphatic rings. The summed E-state index contributed by atoms with van der Waals surface area (Å²) in [6, 6.07) is 13.0. The largest absolute Gasteiger partial charge is 0.451 e. The van der Waals surface area contributed by atoms with E-state index in [1.807, 2.05) is 24.3 Å². The molecule has 160 valence electrons. The van der Waals surface area contributed by atoms with Crippen LogP contribution in [0.2, 0.25) is 0 Å². The third-order valence-electron chi connectivity index (χ3n) is 5.77. The number of hydrogen-bond acceptors (Lipinski definition) is 5. The van der Waals surface area contributed by atoms with Crippen molar-refractivity contribution in [2.45, 2.75) is 39.3 Å². The molecule has 2 aromatic carbocycles. The van der Waals surface area contributed by atoms with Crippen molar-refractivity contribution >= 4 is 29.4 Å². The molecule has 31 heavy (non-hydrogen) atoms. The summed E-state index contributed by atoms with van der Waals surface area (Å²) in [6.07, 6.45) is -0.304. The topological polar surface area (TPSA) is 84.0 Å². The van der Waals surface area contributed by atoms with Crippen molar-refractivity contribution < 1.29 is 23.9 Å². The number of imide groups is 1.